The van der Waals surface area contributed by atoms with Crippen molar-refractivity contribution in [3.05, 3.63) is 30.0 Å². The van der Waals surface area contributed by atoms with Crippen molar-refractivity contribution in [2.45, 2.75) is 18.8 Å². The molecular weight excluding hydrogens is 238 g/mol. The number of amides is 1. The van der Waals surface area contributed by atoms with Crippen LogP contribution in [0.4, 0.5) is 0 Å². The number of benzene rings is 1. The highest BCUT2D eigenvalue weighted by atomic mass is 35.5. The molecule has 2 aromatic rings. The Balaban J connectivity index is 2.14. The fourth-order valence-corrected chi connectivity index (χ4v) is 1.71. The molecule has 0 aliphatic rings. The van der Waals surface area contributed by atoms with E-state index in [9.17, 15) is 4.79 Å². The highest BCUT2D eigenvalue weighted by Crippen LogP contribution is 2.14. The maximum absolute atomic E-state index is 11.3. The number of alkyl halides is 1. The quantitative estimate of drug-likeness (QED) is 0.846. The lowest BCUT2D eigenvalue weighted by Crippen LogP contribution is -2.28. The summed E-state index contributed by atoms with van der Waals surface area (Å²) < 4.78 is 1.81. The van der Waals surface area contributed by atoms with Gasteiger partial charge in [0.15, 0.2) is 0 Å². The summed E-state index contributed by atoms with van der Waals surface area (Å²) in [6.07, 6.45) is 1.82. The van der Waals surface area contributed by atoms with Gasteiger partial charge in [-0.2, -0.15) is 5.10 Å². The summed E-state index contributed by atoms with van der Waals surface area (Å²) in [7, 11) is 1.89. The van der Waals surface area contributed by atoms with Gasteiger partial charge in [-0.1, -0.05) is 12.1 Å². The van der Waals surface area contributed by atoms with Crippen LogP contribution in [-0.4, -0.2) is 21.1 Å². The average Bonchev–Trinajstić information content (AvgIpc) is 2.68. The zero-order valence-corrected chi connectivity index (χ0v) is 10.5. The molecule has 0 saturated carbocycles. The van der Waals surface area contributed by atoms with Crippen LogP contribution in [0.3, 0.4) is 0 Å². The van der Waals surface area contributed by atoms with Gasteiger partial charge < -0.3 is 5.32 Å². The van der Waals surface area contributed by atoms with Crippen LogP contribution in [0.25, 0.3) is 10.9 Å². The van der Waals surface area contributed by atoms with Gasteiger partial charge in [-0.05, 0) is 18.6 Å². The van der Waals surface area contributed by atoms with E-state index in [0.29, 0.717) is 6.54 Å². The van der Waals surface area contributed by atoms with Gasteiger partial charge in [0.2, 0.25) is 5.91 Å². The summed E-state index contributed by atoms with van der Waals surface area (Å²) in [6, 6.07) is 5.98. The molecular formula is C12H14ClN3O. The summed E-state index contributed by atoms with van der Waals surface area (Å²) >= 11 is 5.67. The number of rotatable bonds is 3. The molecule has 0 saturated heterocycles. The number of aryl methyl sites for hydroxylation is 1. The van der Waals surface area contributed by atoms with E-state index in [1.54, 1.807) is 6.92 Å². The van der Waals surface area contributed by atoms with Gasteiger partial charge in [-0.3, -0.25) is 9.48 Å². The van der Waals surface area contributed by atoms with Crippen LogP contribution >= 0.6 is 11.6 Å². The van der Waals surface area contributed by atoms with Crippen LogP contribution in [0.2, 0.25) is 0 Å². The SMILES string of the molecule is CC(Cl)C(=O)NCc1ccc2cnn(C)c2c1. The standard InChI is InChI=1S/C12H14ClN3O/c1-8(13)12(17)14-6-9-3-4-10-7-15-16(2)11(10)5-9/h3-5,7-8H,6H2,1-2H3,(H,14,17). The van der Waals surface area contributed by atoms with Crippen molar-refractivity contribution in [2.75, 3.05) is 0 Å². The third-order valence-electron chi connectivity index (χ3n) is 2.64. The van der Waals surface area contributed by atoms with E-state index >= 15 is 0 Å². The van der Waals surface area contributed by atoms with Crippen molar-refractivity contribution < 1.29 is 4.79 Å². The molecule has 0 aliphatic carbocycles. The van der Waals surface area contributed by atoms with Crippen molar-refractivity contribution in [1.82, 2.24) is 15.1 Å². The van der Waals surface area contributed by atoms with Gasteiger partial charge >= 0.3 is 0 Å². The fraction of sp³-hybridized carbons (Fsp3) is 0.333. The molecule has 1 atom stereocenters. The lowest BCUT2D eigenvalue weighted by atomic mass is 10.1. The molecule has 1 amide bonds. The zero-order chi connectivity index (χ0) is 12.4. The van der Waals surface area contributed by atoms with Crippen molar-refractivity contribution in [2.24, 2.45) is 7.05 Å². The van der Waals surface area contributed by atoms with Gasteiger partial charge in [0.05, 0.1) is 11.7 Å². The lowest BCUT2D eigenvalue weighted by molar-refractivity contribution is -0.120. The zero-order valence-electron chi connectivity index (χ0n) is 9.77. The molecule has 0 bridgehead atoms. The molecule has 1 unspecified atom stereocenters. The first kappa shape index (κ1) is 11.9. The van der Waals surface area contributed by atoms with Crippen LogP contribution in [0.1, 0.15) is 12.5 Å². The molecule has 4 nitrogen and oxygen atoms in total. The summed E-state index contributed by atoms with van der Waals surface area (Å²) in [4.78, 5) is 11.3. The predicted molar refractivity (Wildman–Crippen MR) is 67.9 cm³/mol. The van der Waals surface area contributed by atoms with Crippen molar-refractivity contribution in [3.63, 3.8) is 0 Å². The van der Waals surface area contributed by atoms with Crippen LogP contribution in [-0.2, 0) is 18.4 Å². The van der Waals surface area contributed by atoms with Gasteiger partial charge in [-0.15, -0.1) is 11.6 Å². The van der Waals surface area contributed by atoms with E-state index < -0.39 is 5.38 Å². The Labute approximate surface area is 105 Å². The van der Waals surface area contributed by atoms with Crippen molar-refractivity contribution in [1.29, 1.82) is 0 Å². The first-order chi connectivity index (χ1) is 8.08. The topological polar surface area (TPSA) is 46.9 Å². The third-order valence-corrected chi connectivity index (χ3v) is 2.84. The Morgan fingerprint density at radius 2 is 2.35 bits per heavy atom. The van der Waals surface area contributed by atoms with Crippen molar-refractivity contribution >= 4 is 28.4 Å². The van der Waals surface area contributed by atoms with E-state index in [1.807, 2.05) is 36.1 Å². The number of nitrogens with zero attached hydrogens (tertiary/aromatic N) is 2. The van der Waals surface area contributed by atoms with Crippen LogP contribution in [0, 0.1) is 0 Å². The molecule has 0 radical (unpaired) electrons. The van der Waals surface area contributed by atoms with Crippen LogP contribution < -0.4 is 5.32 Å². The second-order valence-corrected chi connectivity index (χ2v) is 4.65. The first-order valence-electron chi connectivity index (χ1n) is 5.40. The molecule has 2 rings (SSSR count). The smallest absolute Gasteiger partial charge is 0.238 e. The largest absolute Gasteiger partial charge is 0.351 e. The Morgan fingerprint density at radius 3 is 3.06 bits per heavy atom. The normalized spacial score (nSPS) is 12.6. The van der Waals surface area contributed by atoms with E-state index in [1.165, 1.54) is 0 Å². The maximum Gasteiger partial charge on any atom is 0.238 e. The number of carbonyl (C=O) groups excluding carboxylic acids is 1. The average molecular weight is 252 g/mol. The monoisotopic (exact) mass is 251 g/mol. The number of aromatic nitrogens is 2. The molecule has 17 heavy (non-hydrogen) atoms. The molecule has 1 N–H and O–H groups in total. The Morgan fingerprint density at radius 1 is 1.59 bits per heavy atom. The summed E-state index contributed by atoms with van der Waals surface area (Å²) in [5, 5.41) is 7.53. The number of halogens is 1. The van der Waals surface area contributed by atoms with Crippen molar-refractivity contribution in [3.8, 4) is 0 Å². The second-order valence-electron chi connectivity index (χ2n) is 4.00. The highest BCUT2D eigenvalue weighted by molar-refractivity contribution is 6.30. The van der Waals surface area contributed by atoms with Gasteiger partial charge in [0, 0.05) is 19.0 Å². The van der Waals surface area contributed by atoms with Gasteiger partial charge in [-0.25, -0.2) is 0 Å². The number of nitrogens with one attached hydrogen (secondary N) is 1. The molecule has 90 valence electrons. The molecule has 0 fully saturated rings. The number of hydrogen-bond donors (Lipinski definition) is 1. The second kappa shape index (κ2) is 4.75. The molecule has 0 spiro atoms. The van der Waals surface area contributed by atoms with Gasteiger partial charge in [0.25, 0.3) is 0 Å². The van der Waals surface area contributed by atoms with E-state index in [4.69, 9.17) is 11.6 Å². The highest BCUT2D eigenvalue weighted by Gasteiger charge is 2.08. The molecule has 5 heteroatoms. The number of carbonyl (C=O) groups is 1. The molecule has 1 heterocycles. The minimum atomic E-state index is -0.504. The van der Waals surface area contributed by atoms with Gasteiger partial charge in [0.1, 0.15) is 5.38 Å². The molecule has 0 aliphatic heterocycles. The minimum absolute atomic E-state index is 0.156. The predicted octanol–water partition coefficient (Wildman–Crippen LogP) is 1.82. The van der Waals surface area contributed by atoms with E-state index in [-0.39, 0.29) is 5.91 Å². The fourth-order valence-electron chi connectivity index (χ4n) is 1.63. The summed E-state index contributed by atoms with van der Waals surface area (Å²) in [5.74, 6) is -0.156. The van der Waals surface area contributed by atoms with Crippen LogP contribution in [0.15, 0.2) is 24.4 Å². The Bertz CT molecular complexity index is 548. The minimum Gasteiger partial charge on any atom is -0.351 e. The Hall–Kier alpha value is -1.55. The molecule has 1 aromatic carbocycles. The van der Waals surface area contributed by atoms with E-state index in [2.05, 4.69) is 10.4 Å². The van der Waals surface area contributed by atoms with Crippen LogP contribution in [0.5, 0.6) is 0 Å². The third kappa shape index (κ3) is 2.58. The Kier molecular flexibility index (Phi) is 3.33. The maximum atomic E-state index is 11.3. The van der Waals surface area contributed by atoms with E-state index in [0.717, 1.165) is 16.5 Å². The lowest BCUT2D eigenvalue weighted by Gasteiger charge is -2.06. The molecule has 1 aromatic heterocycles. The first-order valence-corrected chi connectivity index (χ1v) is 5.84. The number of fused-ring (bicyclic) bond motifs is 1. The summed E-state index contributed by atoms with van der Waals surface area (Å²) in [6.45, 7) is 2.14. The summed E-state index contributed by atoms with van der Waals surface area (Å²) in [5.41, 5.74) is 2.09. The number of hydrogen-bond acceptors (Lipinski definition) is 2.